The van der Waals surface area contributed by atoms with Crippen LogP contribution in [0.3, 0.4) is 0 Å². The van der Waals surface area contributed by atoms with E-state index in [-0.39, 0.29) is 29.1 Å². The Bertz CT molecular complexity index is 586. The molecule has 1 aliphatic carbocycles. The highest BCUT2D eigenvalue weighted by atomic mass is 35.5. The molecule has 1 aromatic rings. The first kappa shape index (κ1) is 16.5. The SMILES string of the molecule is Nc1ccc(Cl)c(S(=O)(=O)N(CCO)C2CCCCC2)c1. The highest BCUT2D eigenvalue weighted by molar-refractivity contribution is 7.89. The van der Waals surface area contributed by atoms with Gasteiger partial charge in [0, 0.05) is 18.3 Å². The predicted molar refractivity (Wildman–Crippen MR) is 83.7 cm³/mol. The Hall–Kier alpha value is -0.820. The van der Waals surface area contributed by atoms with Crippen molar-refractivity contribution in [2.24, 2.45) is 0 Å². The molecule has 0 atom stereocenters. The van der Waals surface area contributed by atoms with Crippen LogP contribution in [-0.4, -0.2) is 37.0 Å². The fourth-order valence-corrected chi connectivity index (χ4v) is 5.00. The first-order valence-corrected chi connectivity index (χ1v) is 8.96. The maximum Gasteiger partial charge on any atom is 0.244 e. The van der Waals surface area contributed by atoms with Crippen molar-refractivity contribution in [3.63, 3.8) is 0 Å². The Morgan fingerprint density at radius 3 is 2.57 bits per heavy atom. The monoisotopic (exact) mass is 332 g/mol. The van der Waals surface area contributed by atoms with Gasteiger partial charge in [0.15, 0.2) is 0 Å². The van der Waals surface area contributed by atoms with Gasteiger partial charge in [0.05, 0.1) is 11.6 Å². The number of aliphatic hydroxyl groups excluding tert-OH is 1. The van der Waals surface area contributed by atoms with Crippen LogP contribution in [0.2, 0.25) is 5.02 Å². The largest absolute Gasteiger partial charge is 0.399 e. The maximum absolute atomic E-state index is 12.9. The van der Waals surface area contributed by atoms with Crippen molar-refractivity contribution in [2.75, 3.05) is 18.9 Å². The molecule has 0 amide bonds. The summed E-state index contributed by atoms with van der Waals surface area (Å²) < 4.78 is 27.1. The number of hydrogen-bond donors (Lipinski definition) is 2. The van der Waals surface area contributed by atoms with E-state index in [0.717, 1.165) is 32.1 Å². The van der Waals surface area contributed by atoms with Crippen molar-refractivity contribution in [1.29, 1.82) is 0 Å². The molecule has 1 saturated carbocycles. The first-order chi connectivity index (χ1) is 9.96. The van der Waals surface area contributed by atoms with E-state index in [4.69, 9.17) is 17.3 Å². The van der Waals surface area contributed by atoms with Gasteiger partial charge in [0.25, 0.3) is 0 Å². The zero-order valence-electron chi connectivity index (χ0n) is 11.8. The van der Waals surface area contributed by atoms with E-state index in [9.17, 15) is 13.5 Å². The molecule has 1 fully saturated rings. The summed E-state index contributed by atoms with van der Waals surface area (Å²) in [6, 6.07) is 4.36. The van der Waals surface area contributed by atoms with Gasteiger partial charge in [0.1, 0.15) is 4.90 Å². The van der Waals surface area contributed by atoms with Crippen molar-refractivity contribution < 1.29 is 13.5 Å². The van der Waals surface area contributed by atoms with Gasteiger partial charge in [-0.15, -0.1) is 0 Å². The van der Waals surface area contributed by atoms with Gasteiger partial charge in [0.2, 0.25) is 10.0 Å². The van der Waals surface area contributed by atoms with Crippen LogP contribution < -0.4 is 5.73 Å². The Morgan fingerprint density at radius 1 is 1.29 bits per heavy atom. The third kappa shape index (κ3) is 3.69. The van der Waals surface area contributed by atoms with Gasteiger partial charge >= 0.3 is 0 Å². The topological polar surface area (TPSA) is 83.6 Å². The summed E-state index contributed by atoms with van der Waals surface area (Å²) in [6.45, 7) is -0.131. The number of benzene rings is 1. The van der Waals surface area contributed by atoms with Crippen LogP contribution in [0, 0.1) is 0 Å². The molecular formula is C14H21ClN2O3S. The summed E-state index contributed by atoms with van der Waals surface area (Å²) >= 11 is 6.04. The van der Waals surface area contributed by atoms with Gasteiger partial charge in [-0.2, -0.15) is 4.31 Å². The molecule has 0 radical (unpaired) electrons. The van der Waals surface area contributed by atoms with E-state index < -0.39 is 10.0 Å². The second-order valence-corrected chi connectivity index (χ2v) is 7.59. The average molecular weight is 333 g/mol. The minimum Gasteiger partial charge on any atom is -0.399 e. The van der Waals surface area contributed by atoms with Crippen LogP contribution in [0.15, 0.2) is 23.1 Å². The maximum atomic E-state index is 12.9. The molecule has 0 heterocycles. The third-order valence-corrected chi connectivity index (χ3v) is 6.28. The van der Waals surface area contributed by atoms with E-state index in [1.54, 1.807) is 6.07 Å². The lowest BCUT2D eigenvalue weighted by Crippen LogP contribution is -2.43. The number of nitrogens with two attached hydrogens (primary N) is 1. The number of rotatable bonds is 5. The van der Waals surface area contributed by atoms with Crippen LogP contribution in [0.1, 0.15) is 32.1 Å². The quantitative estimate of drug-likeness (QED) is 0.810. The van der Waals surface area contributed by atoms with Gasteiger partial charge in [-0.1, -0.05) is 30.9 Å². The van der Waals surface area contributed by atoms with Gasteiger partial charge in [-0.05, 0) is 31.0 Å². The van der Waals surface area contributed by atoms with Crippen LogP contribution in [0.5, 0.6) is 0 Å². The van der Waals surface area contributed by atoms with Crippen molar-refractivity contribution >= 4 is 27.3 Å². The fraction of sp³-hybridized carbons (Fsp3) is 0.571. The van der Waals surface area contributed by atoms with Crippen molar-refractivity contribution in [3.05, 3.63) is 23.2 Å². The van der Waals surface area contributed by atoms with Crippen LogP contribution >= 0.6 is 11.6 Å². The molecule has 0 spiro atoms. The molecule has 0 unspecified atom stereocenters. The smallest absolute Gasteiger partial charge is 0.244 e. The molecule has 5 nitrogen and oxygen atoms in total. The van der Waals surface area contributed by atoms with E-state index in [0.29, 0.717) is 5.69 Å². The Kier molecular flexibility index (Phi) is 5.48. The summed E-state index contributed by atoms with van der Waals surface area (Å²) in [5.74, 6) is 0. The number of nitrogens with zero attached hydrogens (tertiary/aromatic N) is 1. The number of aliphatic hydroxyl groups is 1. The van der Waals surface area contributed by atoms with E-state index in [2.05, 4.69) is 0 Å². The summed E-state index contributed by atoms with van der Waals surface area (Å²) in [5, 5.41) is 9.39. The summed E-state index contributed by atoms with van der Waals surface area (Å²) in [6.07, 6.45) is 4.78. The second-order valence-electron chi connectivity index (χ2n) is 5.32. The Morgan fingerprint density at radius 2 is 1.95 bits per heavy atom. The molecule has 21 heavy (non-hydrogen) atoms. The zero-order valence-corrected chi connectivity index (χ0v) is 13.4. The lowest BCUT2D eigenvalue weighted by Gasteiger charge is -2.33. The fourth-order valence-electron chi connectivity index (χ4n) is 2.81. The molecule has 3 N–H and O–H groups in total. The first-order valence-electron chi connectivity index (χ1n) is 7.14. The predicted octanol–water partition coefficient (Wildman–Crippen LogP) is 2.24. The molecule has 0 aromatic heterocycles. The lowest BCUT2D eigenvalue weighted by molar-refractivity contribution is 0.199. The summed E-state index contributed by atoms with van der Waals surface area (Å²) in [5.41, 5.74) is 6.04. The molecule has 2 rings (SSSR count). The Labute approximate surface area is 130 Å². The highest BCUT2D eigenvalue weighted by Gasteiger charge is 2.33. The Balaban J connectivity index is 2.39. The number of sulfonamides is 1. The zero-order chi connectivity index (χ0) is 15.5. The van der Waals surface area contributed by atoms with Crippen LogP contribution in [0.25, 0.3) is 0 Å². The molecule has 0 saturated heterocycles. The minimum atomic E-state index is -3.75. The molecular weight excluding hydrogens is 312 g/mol. The van der Waals surface area contributed by atoms with Gasteiger partial charge < -0.3 is 10.8 Å². The molecule has 7 heteroatoms. The minimum absolute atomic E-state index is 0.0168. The summed E-state index contributed by atoms with van der Waals surface area (Å²) in [7, 11) is -3.75. The van der Waals surface area contributed by atoms with Gasteiger partial charge in [-0.25, -0.2) is 8.42 Å². The number of halogens is 1. The van der Waals surface area contributed by atoms with E-state index in [1.165, 1.54) is 16.4 Å². The molecule has 1 aromatic carbocycles. The summed E-state index contributed by atoms with van der Waals surface area (Å²) in [4.78, 5) is 0.0168. The van der Waals surface area contributed by atoms with Crippen molar-refractivity contribution in [3.8, 4) is 0 Å². The molecule has 1 aliphatic rings. The van der Waals surface area contributed by atoms with Crippen LogP contribution in [0.4, 0.5) is 5.69 Å². The average Bonchev–Trinajstić information content (AvgIpc) is 2.48. The lowest BCUT2D eigenvalue weighted by atomic mass is 9.95. The molecule has 118 valence electrons. The van der Waals surface area contributed by atoms with Crippen LogP contribution in [-0.2, 0) is 10.0 Å². The van der Waals surface area contributed by atoms with E-state index >= 15 is 0 Å². The van der Waals surface area contributed by atoms with Gasteiger partial charge in [-0.3, -0.25) is 0 Å². The standard InChI is InChI=1S/C14H21ClN2O3S/c15-13-7-6-11(16)10-14(13)21(19,20)17(8-9-18)12-4-2-1-3-5-12/h6-7,10,12,18H,1-5,8-9,16H2. The van der Waals surface area contributed by atoms with Crippen molar-refractivity contribution in [2.45, 2.75) is 43.0 Å². The van der Waals surface area contributed by atoms with Crippen molar-refractivity contribution in [1.82, 2.24) is 4.31 Å². The molecule has 0 bridgehead atoms. The second kappa shape index (κ2) is 6.96. The number of hydrogen-bond acceptors (Lipinski definition) is 4. The normalized spacial score (nSPS) is 17.3. The third-order valence-electron chi connectivity index (χ3n) is 3.84. The van der Waals surface area contributed by atoms with E-state index in [1.807, 2.05) is 0 Å². The number of nitrogen functional groups attached to an aromatic ring is 1. The number of anilines is 1. The molecule has 0 aliphatic heterocycles. The highest BCUT2D eigenvalue weighted by Crippen LogP contribution is 2.31.